The smallest absolute Gasteiger partial charge is 0.458 e. The molecular weight excluding hydrogens is 542 g/mol. The van der Waals surface area contributed by atoms with Crippen LogP contribution < -0.4 is 0 Å². The maximum atomic E-state index is 13.9. The summed E-state index contributed by atoms with van der Waals surface area (Å²) >= 11 is 0. The third kappa shape index (κ3) is 6.97. The molecule has 0 aromatic heterocycles. The number of ether oxygens (including phenoxy) is 6. The van der Waals surface area contributed by atoms with E-state index in [1.54, 1.807) is 21.0 Å². The van der Waals surface area contributed by atoms with Gasteiger partial charge in [-0.05, 0) is 66.5 Å². The van der Waals surface area contributed by atoms with Crippen molar-refractivity contribution in [1.82, 2.24) is 4.90 Å². The lowest BCUT2D eigenvalue weighted by molar-refractivity contribution is -0.283. The Morgan fingerprint density at radius 3 is 2.17 bits per heavy atom. The molecule has 3 aliphatic heterocycles. The molecule has 0 amide bonds. The largest absolute Gasteiger partial charge is 0.509 e. The van der Waals surface area contributed by atoms with Gasteiger partial charge in [-0.3, -0.25) is 9.59 Å². The highest BCUT2D eigenvalue weighted by Crippen LogP contribution is 2.42. The van der Waals surface area contributed by atoms with Crippen LogP contribution in [0.4, 0.5) is 4.79 Å². The molecule has 42 heavy (non-hydrogen) atoms. The van der Waals surface area contributed by atoms with Gasteiger partial charge >= 0.3 is 12.1 Å². The van der Waals surface area contributed by atoms with E-state index in [9.17, 15) is 14.4 Å². The summed E-state index contributed by atoms with van der Waals surface area (Å²) in [6, 6.07) is 0.272. The van der Waals surface area contributed by atoms with Crippen LogP contribution in [0.1, 0.15) is 88.0 Å². The summed E-state index contributed by atoms with van der Waals surface area (Å²) in [5.74, 6) is -2.18. The summed E-state index contributed by atoms with van der Waals surface area (Å²) in [5, 5.41) is 0. The van der Waals surface area contributed by atoms with Crippen molar-refractivity contribution in [1.29, 1.82) is 0 Å². The van der Waals surface area contributed by atoms with E-state index in [2.05, 4.69) is 32.8 Å². The molecule has 3 aliphatic rings. The highest BCUT2D eigenvalue weighted by Gasteiger charge is 2.58. The molecule has 242 valence electrons. The molecule has 0 saturated carbocycles. The molecule has 0 aromatic rings. The number of fused-ring (bicyclic) bond motifs is 1. The molecule has 3 rings (SSSR count). The Bertz CT molecular complexity index is 974. The van der Waals surface area contributed by atoms with Gasteiger partial charge in [0.05, 0.1) is 29.6 Å². The average Bonchev–Trinajstić information content (AvgIpc) is 3.24. The number of methoxy groups -OCH3 is 1. The summed E-state index contributed by atoms with van der Waals surface area (Å²) in [6.45, 7) is 17.2. The first kappa shape index (κ1) is 34.7. The van der Waals surface area contributed by atoms with E-state index in [4.69, 9.17) is 28.4 Å². The number of hydrogen-bond acceptors (Lipinski definition) is 10. The molecule has 13 atom stereocenters. The number of Topliss-reactive ketones (excluding diaryl/α,β-unsaturated/α-hetero) is 1. The van der Waals surface area contributed by atoms with E-state index in [-0.39, 0.29) is 29.8 Å². The minimum absolute atomic E-state index is 0.00750. The van der Waals surface area contributed by atoms with Crippen molar-refractivity contribution in [2.24, 2.45) is 29.6 Å². The van der Waals surface area contributed by atoms with Crippen LogP contribution in [0.5, 0.6) is 0 Å². The number of carbonyl (C=O) groups excluding carboxylic acids is 3. The first-order valence-corrected chi connectivity index (χ1v) is 15.6. The SMILES string of the molecule is CC[C@H]1OC(=O)[C@H](C)C[C@H](C)[C@@H](O[C@@H]2O[C@H](C)C[C@H](N(C)C)[C@H]2C)[C@](C)(OC)C[C@@H](C)C(=O)[C@H](C)[C@H]2OC(=O)O[C@@]21C. The van der Waals surface area contributed by atoms with Crippen molar-refractivity contribution in [3.8, 4) is 0 Å². The zero-order valence-corrected chi connectivity index (χ0v) is 27.8. The van der Waals surface area contributed by atoms with E-state index >= 15 is 0 Å². The zero-order chi connectivity index (χ0) is 31.7. The molecule has 0 bridgehead atoms. The summed E-state index contributed by atoms with van der Waals surface area (Å²) in [4.78, 5) is 42.0. The summed E-state index contributed by atoms with van der Waals surface area (Å²) in [5.41, 5.74) is -2.19. The number of hydrogen-bond donors (Lipinski definition) is 0. The van der Waals surface area contributed by atoms with Crippen molar-refractivity contribution < 1.29 is 42.8 Å². The van der Waals surface area contributed by atoms with Gasteiger partial charge in [-0.1, -0.05) is 41.5 Å². The number of rotatable bonds is 5. The Morgan fingerprint density at radius 1 is 0.952 bits per heavy atom. The third-order valence-corrected chi connectivity index (χ3v) is 10.1. The van der Waals surface area contributed by atoms with Crippen molar-refractivity contribution >= 4 is 17.9 Å². The molecule has 0 aliphatic carbocycles. The van der Waals surface area contributed by atoms with Gasteiger partial charge in [-0.15, -0.1) is 0 Å². The van der Waals surface area contributed by atoms with Gasteiger partial charge in [0.1, 0.15) is 11.9 Å². The molecule has 0 N–H and O–H groups in total. The Kier molecular flexibility index (Phi) is 11.2. The first-order chi connectivity index (χ1) is 19.5. The molecule has 0 aromatic carbocycles. The second-order valence-electron chi connectivity index (χ2n) is 13.8. The predicted octanol–water partition coefficient (Wildman–Crippen LogP) is 5.00. The predicted molar refractivity (Wildman–Crippen MR) is 157 cm³/mol. The fraction of sp³-hybridized carbons (Fsp3) is 0.906. The van der Waals surface area contributed by atoms with Crippen molar-refractivity contribution in [2.45, 2.75) is 136 Å². The number of ketones is 1. The summed E-state index contributed by atoms with van der Waals surface area (Å²) in [6.07, 6.45) is -1.40. The van der Waals surface area contributed by atoms with Crippen LogP contribution >= 0.6 is 0 Å². The minimum atomic E-state index is -1.30. The lowest BCUT2D eigenvalue weighted by atomic mass is 9.74. The van der Waals surface area contributed by atoms with Crippen LogP contribution in [-0.2, 0) is 38.0 Å². The average molecular weight is 598 g/mol. The maximum absolute atomic E-state index is 13.9. The monoisotopic (exact) mass is 597 g/mol. The molecule has 10 nitrogen and oxygen atoms in total. The number of esters is 1. The van der Waals surface area contributed by atoms with Crippen LogP contribution in [-0.4, -0.2) is 92.0 Å². The van der Waals surface area contributed by atoms with Gasteiger partial charge < -0.3 is 33.3 Å². The fourth-order valence-corrected chi connectivity index (χ4v) is 7.60. The second kappa shape index (κ2) is 13.5. The minimum Gasteiger partial charge on any atom is -0.458 e. The van der Waals surface area contributed by atoms with Crippen molar-refractivity contribution in [3.63, 3.8) is 0 Å². The molecule has 3 saturated heterocycles. The lowest BCUT2D eigenvalue weighted by Gasteiger charge is -2.48. The van der Waals surface area contributed by atoms with Gasteiger partial charge in [-0.25, -0.2) is 4.79 Å². The zero-order valence-electron chi connectivity index (χ0n) is 27.8. The van der Waals surface area contributed by atoms with Crippen LogP contribution in [0.15, 0.2) is 0 Å². The molecular formula is C32H55NO9. The molecule has 0 unspecified atom stereocenters. The Balaban J connectivity index is 2.03. The second-order valence-corrected chi connectivity index (χ2v) is 13.8. The quantitative estimate of drug-likeness (QED) is 0.402. The molecule has 0 spiro atoms. The Labute approximate surface area is 252 Å². The summed E-state index contributed by atoms with van der Waals surface area (Å²) in [7, 11) is 5.78. The van der Waals surface area contributed by atoms with Crippen LogP contribution in [0.25, 0.3) is 0 Å². The maximum Gasteiger partial charge on any atom is 0.509 e. The lowest BCUT2D eigenvalue weighted by Crippen LogP contribution is -2.56. The van der Waals surface area contributed by atoms with E-state index in [0.29, 0.717) is 19.3 Å². The van der Waals surface area contributed by atoms with Crippen molar-refractivity contribution in [3.05, 3.63) is 0 Å². The van der Waals surface area contributed by atoms with Crippen LogP contribution in [0, 0.1) is 29.6 Å². The van der Waals surface area contributed by atoms with Crippen LogP contribution in [0.3, 0.4) is 0 Å². The molecule has 0 radical (unpaired) electrons. The fourth-order valence-electron chi connectivity index (χ4n) is 7.60. The molecule has 10 heteroatoms. The van der Waals surface area contributed by atoms with E-state index in [0.717, 1.165) is 6.42 Å². The van der Waals surface area contributed by atoms with Gasteiger partial charge in [0.15, 0.2) is 18.0 Å². The highest BCUT2D eigenvalue weighted by atomic mass is 16.8. The summed E-state index contributed by atoms with van der Waals surface area (Å²) < 4.78 is 36.7. The number of cyclic esters (lactones) is 1. The molecule has 3 heterocycles. The van der Waals surface area contributed by atoms with E-state index in [1.807, 2.05) is 34.6 Å². The first-order valence-electron chi connectivity index (χ1n) is 15.6. The number of nitrogens with zero attached hydrogens (tertiary/aromatic N) is 1. The Hall–Kier alpha value is -1.75. The topological polar surface area (TPSA) is 110 Å². The van der Waals surface area contributed by atoms with Crippen molar-refractivity contribution in [2.75, 3.05) is 21.2 Å². The third-order valence-electron chi connectivity index (χ3n) is 10.1. The van der Waals surface area contributed by atoms with E-state index in [1.165, 1.54) is 0 Å². The standard InChI is InChI=1S/C32H55NO9/c1-13-24-32(9)27(41-30(36)42-32)22(7)25(34)19(4)16-31(8,37-12)26(17(2)14-18(3)28(35)39-24)40-29-21(6)23(33(10)11)15-20(5)38-29/h17-24,26-27,29H,13-16H2,1-12H3/t17-,18+,19+,20+,21+,22-,23-,24+,26+,27+,29-,31+,32+/m0/s1. The van der Waals surface area contributed by atoms with Gasteiger partial charge in [0, 0.05) is 25.0 Å². The van der Waals surface area contributed by atoms with Gasteiger partial charge in [0.2, 0.25) is 0 Å². The Morgan fingerprint density at radius 2 is 1.60 bits per heavy atom. The van der Waals surface area contributed by atoms with Gasteiger partial charge in [-0.2, -0.15) is 0 Å². The highest BCUT2D eigenvalue weighted by molar-refractivity contribution is 5.84. The van der Waals surface area contributed by atoms with Crippen LogP contribution in [0.2, 0.25) is 0 Å². The van der Waals surface area contributed by atoms with Gasteiger partial charge in [0.25, 0.3) is 0 Å². The molecule has 3 fully saturated rings. The number of carbonyl (C=O) groups is 3. The normalized spacial score (nSPS) is 45.9. The van der Waals surface area contributed by atoms with E-state index < -0.39 is 65.7 Å².